The zero-order valence-corrected chi connectivity index (χ0v) is 28.9. The molecule has 0 aromatic heterocycles. The molecule has 0 radical (unpaired) electrons. The van der Waals surface area contributed by atoms with Crippen LogP contribution >= 0.6 is 0 Å². The molecular weight excluding hydrogens is 520 g/mol. The van der Waals surface area contributed by atoms with Gasteiger partial charge in [0.25, 0.3) is 0 Å². The van der Waals surface area contributed by atoms with E-state index in [1.807, 2.05) is 0 Å². The van der Waals surface area contributed by atoms with Crippen LogP contribution in [0.2, 0.25) is 0 Å². The van der Waals surface area contributed by atoms with Crippen LogP contribution in [-0.2, 0) is 19.0 Å². The second kappa shape index (κ2) is 34.6. The van der Waals surface area contributed by atoms with Crippen molar-refractivity contribution in [2.24, 2.45) is 5.92 Å². The van der Waals surface area contributed by atoms with Crippen molar-refractivity contribution in [2.45, 2.75) is 194 Å². The van der Waals surface area contributed by atoms with Crippen LogP contribution in [0.4, 0.5) is 0 Å². The number of carbonyl (C=O) groups excluding carboxylic acids is 1. The van der Waals surface area contributed by atoms with Crippen molar-refractivity contribution < 1.29 is 19.0 Å². The van der Waals surface area contributed by atoms with Crippen LogP contribution in [0.3, 0.4) is 0 Å². The monoisotopic (exact) mass is 595 g/mol. The number of ether oxygens (including phenoxy) is 3. The highest BCUT2D eigenvalue weighted by Gasteiger charge is 2.13. The summed E-state index contributed by atoms with van der Waals surface area (Å²) in [7, 11) is 0. The molecule has 0 aromatic carbocycles. The molecule has 42 heavy (non-hydrogen) atoms. The highest BCUT2D eigenvalue weighted by molar-refractivity contribution is 5.69. The van der Waals surface area contributed by atoms with Crippen LogP contribution in [-0.4, -0.2) is 38.5 Å². The lowest BCUT2D eigenvalue weighted by Crippen LogP contribution is -2.19. The van der Waals surface area contributed by atoms with Crippen LogP contribution in [0.5, 0.6) is 0 Å². The van der Waals surface area contributed by atoms with E-state index in [0.29, 0.717) is 39.0 Å². The number of allylic oxidation sites excluding steroid dienone is 2. The molecule has 0 bridgehead atoms. The van der Waals surface area contributed by atoms with E-state index in [1.54, 1.807) is 0 Å². The first-order chi connectivity index (χ1) is 20.7. The number of unbranched alkanes of at least 4 members (excludes halogenated alkanes) is 15. The molecule has 0 aromatic rings. The Kier molecular flexibility index (Phi) is 33.9. The van der Waals surface area contributed by atoms with Crippen molar-refractivity contribution in [3.8, 4) is 0 Å². The highest BCUT2D eigenvalue weighted by Crippen LogP contribution is 2.22. The molecule has 0 amide bonds. The quantitative estimate of drug-likeness (QED) is 0.0422. The summed E-state index contributed by atoms with van der Waals surface area (Å²) in [4.78, 5) is 12.0. The standard InChI is InChI=1S/C38H74O4/c1-5-9-12-14-15-16-17-18-19-20-21-22-23-24-26-29-38(39)42-35-33-40-32-34-41-37(28-25-13-10-6-2)31-30-36(8-4)27-11-7-3/h18-19,36-37H,5-17,20-35H2,1-4H3/b19-18-. The third kappa shape index (κ3) is 30.6. The van der Waals surface area contributed by atoms with Gasteiger partial charge in [-0.25, -0.2) is 0 Å². The fraction of sp³-hybridized carbons (Fsp3) is 0.921. The minimum atomic E-state index is -0.0897. The van der Waals surface area contributed by atoms with Gasteiger partial charge in [-0.15, -0.1) is 0 Å². The lowest BCUT2D eigenvalue weighted by atomic mass is 9.92. The Morgan fingerprint density at radius 1 is 0.548 bits per heavy atom. The summed E-state index contributed by atoms with van der Waals surface area (Å²) in [5.41, 5.74) is 0. The molecule has 0 spiro atoms. The lowest BCUT2D eigenvalue weighted by Gasteiger charge is -2.21. The Labute approximate surface area is 263 Å². The molecule has 0 rings (SSSR count). The summed E-state index contributed by atoms with van der Waals surface area (Å²) in [5, 5.41) is 0. The van der Waals surface area contributed by atoms with Crippen molar-refractivity contribution in [1.29, 1.82) is 0 Å². The average Bonchev–Trinajstić information content (AvgIpc) is 3.00. The van der Waals surface area contributed by atoms with Gasteiger partial charge in [0.15, 0.2) is 0 Å². The van der Waals surface area contributed by atoms with Crippen LogP contribution in [0, 0.1) is 5.92 Å². The van der Waals surface area contributed by atoms with Crippen molar-refractivity contribution in [2.75, 3.05) is 26.4 Å². The average molecular weight is 595 g/mol. The summed E-state index contributed by atoms with van der Waals surface area (Å²) in [5.74, 6) is 0.748. The van der Waals surface area contributed by atoms with Gasteiger partial charge in [-0.3, -0.25) is 4.79 Å². The lowest BCUT2D eigenvalue weighted by molar-refractivity contribution is -0.145. The molecule has 0 heterocycles. The summed E-state index contributed by atoms with van der Waals surface area (Å²) in [6.45, 7) is 11.2. The molecule has 0 aliphatic carbocycles. The SMILES string of the molecule is CCCCCCCC/C=C\CCCCCCCC(=O)OCCOCCOC(CCCCCC)CCC(CC)CCCC. The Hall–Kier alpha value is -0.870. The zero-order valence-electron chi connectivity index (χ0n) is 28.9. The van der Waals surface area contributed by atoms with Crippen molar-refractivity contribution in [3.05, 3.63) is 12.2 Å². The first-order valence-corrected chi connectivity index (χ1v) is 18.7. The van der Waals surface area contributed by atoms with E-state index in [9.17, 15) is 4.79 Å². The molecule has 0 saturated heterocycles. The van der Waals surface area contributed by atoms with Crippen molar-refractivity contribution in [3.63, 3.8) is 0 Å². The summed E-state index contributed by atoms with van der Waals surface area (Å²) in [6.07, 6.45) is 36.1. The van der Waals surface area contributed by atoms with Crippen LogP contribution < -0.4 is 0 Å². The van der Waals surface area contributed by atoms with Crippen LogP contribution in [0.25, 0.3) is 0 Å². The minimum Gasteiger partial charge on any atom is -0.463 e. The van der Waals surface area contributed by atoms with Crippen LogP contribution in [0.1, 0.15) is 188 Å². The maximum atomic E-state index is 12.0. The number of esters is 1. The Morgan fingerprint density at radius 3 is 1.76 bits per heavy atom. The van der Waals surface area contributed by atoms with E-state index in [1.165, 1.54) is 135 Å². The topological polar surface area (TPSA) is 44.8 Å². The fourth-order valence-corrected chi connectivity index (χ4v) is 5.58. The van der Waals surface area contributed by atoms with Gasteiger partial charge < -0.3 is 14.2 Å². The van der Waals surface area contributed by atoms with E-state index in [-0.39, 0.29) is 5.97 Å². The molecule has 2 unspecified atom stereocenters. The normalized spacial score (nSPS) is 13.1. The van der Waals surface area contributed by atoms with Gasteiger partial charge in [-0.05, 0) is 57.3 Å². The van der Waals surface area contributed by atoms with Gasteiger partial charge >= 0.3 is 5.97 Å². The van der Waals surface area contributed by atoms with Crippen LogP contribution in [0.15, 0.2) is 12.2 Å². The van der Waals surface area contributed by atoms with Gasteiger partial charge in [0.2, 0.25) is 0 Å². The van der Waals surface area contributed by atoms with E-state index in [0.717, 1.165) is 25.2 Å². The van der Waals surface area contributed by atoms with Gasteiger partial charge in [-0.1, -0.05) is 143 Å². The fourth-order valence-electron chi connectivity index (χ4n) is 5.58. The third-order valence-corrected chi connectivity index (χ3v) is 8.53. The number of rotatable bonds is 34. The van der Waals surface area contributed by atoms with Gasteiger partial charge in [-0.2, -0.15) is 0 Å². The minimum absolute atomic E-state index is 0.0897. The molecule has 250 valence electrons. The van der Waals surface area contributed by atoms with E-state index in [2.05, 4.69) is 39.8 Å². The van der Waals surface area contributed by atoms with E-state index < -0.39 is 0 Å². The first kappa shape index (κ1) is 41.1. The molecular formula is C38H74O4. The first-order valence-electron chi connectivity index (χ1n) is 18.7. The molecule has 4 heteroatoms. The second-order valence-electron chi connectivity index (χ2n) is 12.5. The molecule has 0 aliphatic heterocycles. The van der Waals surface area contributed by atoms with Gasteiger partial charge in [0.05, 0.1) is 25.9 Å². The second-order valence-corrected chi connectivity index (χ2v) is 12.5. The Morgan fingerprint density at radius 2 is 1.12 bits per heavy atom. The molecule has 0 aliphatic rings. The predicted molar refractivity (Wildman–Crippen MR) is 182 cm³/mol. The van der Waals surface area contributed by atoms with E-state index >= 15 is 0 Å². The molecule has 0 fully saturated rings. The summed E-state index contributed by atoms with van der Waals surface area (Å²) in [6, 6.07) is 0. The third-order valence-electron chi connectivity index (χ3n) is 8.53. The van der Waals surface area contributed by atoms with E-state index in [4.69, 9.17) is 14.2 Å². The summed E-state index contributed by atoms with van der Waals surface area (Å²) < 4.78 is 17.3. The van der Waals surface area contributed by atoms with Crippen molar-refractivity contribution >= 4 is 5.97 Å². The predicted octanol–water partition coefficient (Wildman–Crippen LogP) is 11.9. The van der Waals surface area contributed by atoms with Gasteiger partial charge in [0, 0.05) is 6.42 Å². The Bertz CT molecular complexity index is 561. The maximum absolute atomic E-state index is 12.0. The molecule has 4 nitrogen and oxygen atoms in total. The smallest absolute Gasteiger partial charge is 0.305 e. The van der Waals surface area contributed by atoms with Gasteiger partial charge in [0.1, 0.15) is 6.61 Å². The Balaban J connectivity index is 3.71. The zero-order chi connectivity index (χ0) is 30.8. The number of hydrogen-bond acceptors (Lipinski definition) is 4. The molecule has 0 saturated carbocycles. The highest BCUT2D eigenvalue weighted by atomic mass is 16.6. The molecule has 0 N–H and O–H groups in total. The maximum Gasteiger partial charge on any atom is 0.305 e. The number of carbonyl (C=O) groups is 1. The molecule has 2 atom stereocenters. The van der Waals surface area contributed by atoms with Crippen molar-refractivity contribution in [1.82, 2.24) is 0 Å². The summed E-state index contributed by atoms with van der Waals surface area (Å²) >= 11 is 0. The number of hydrogen-bond donors (Lipinski definition) is 0. The largest absolute Gasteiger partial charge is 0.463 e.